The van der Waals surface area contributed by atoms with Crippen LogP contribution < -0.4 is 5.32 Å². The first-order valence-electron chi connectivity index (χ1n) is 10.7. The molecule has 0 bridgehead atoms. The Morgan fingerprint density at radius 2 is 1.90 bits per heavy atom. The first-order chi connectivity index (χ1) is 15.0. The van der Waals surface area contributed by atoms with Crippen molar-refractivity contribution in [2.45, 2.75) is 51.3 Å². The molecule has 2 aromatic carbocycles. The molecule has 2 unspecified atom stereocenters. The fraction of sp³-hybridized carbons (Fsp3) is 0.333. The van der Waals surface area contributed by atoms with Gasteiger partial charge in [0.15, 0.2) is 5.17 Å². The average Bonchev–Trinajstić information content (AvgIpc) is 3.10. The number of hydrogen-bond acceptors (Lipinski definition) is 5. The van der Waals surface area contributed by atoms with Crippen LogP contribution in [0.2, 0.25) is 0 Å². The highest BCUT2D eigenvalue weighted by molar-refractivity contribution is 8.15. The van der Waals surface area contributed by atoms with E-state index in [1.807, 2.05) is 69.3 Å². The number of aliphatic imine (C=N–C) groups is 2. The maximum atomic E-state index is 13.1. The van der Waals surface area contributed by atoms with Crippen LogP contribution >= 0.6 is 11.8 Å². The van der Waals surface area contributed by atoms with E-state index in [4.69, 9.17) is 9.98 Å². The summed E-state index contributed by atoms with van der Waals surface area (Å²) in [7, 11) is 0. The van der Waals surface area contributed by atoms with Gasteiger partial charge in [-0.1, -0.05) is 61.9 Å². The number of amidine groups is 2. The Bertz CT molecular complexity index is 1060. The topological polar surface area (TPSA) is 74.1 Å². The fourth-order valence-corrected chi connectivity index (χ4v) is 4.67. The van der Waals surface area contributed by atoms with Crippen molar-refractivity contribution in [3.8, 4) is 0 Å². The molecular weight excluding hydrogens is 408 g/mol. The molecule has 0 aliphatic carbocycles. The highest BCUT2D eigenvalue weighted by atomic mass is 32.2. The van der Waals surface area contributed by atoms with Crippen LogP contribution in [0.15, 0.2) is 58.5 Å². The predicted octanol–water partition coefficient (Wildman–Crippen LogP) is 4.90. The largest absolute Gasteiger partial charge is 0.325 e. The Balaban J connectivity index is 1.61. The summed E-state index contributed by atoms with van der Waals surface area (Å²) < 4.78 is 0. The molecule has 6 nitrogen and oxygen atoms in total. The van der Waals surface area contributed by atoms with E-state index in [0.717, 1.165) is 28.9 Å². The Hall–Kier alpha value is -2.93. The van der Waals surface area contributed by atoms with Gasteiger partial charge in [0.2, 0.25) is 5.91 Å². The smallest absolute Gasteiger partial charge is 0.259 e. The number of anilines is 1. The Morgan fingerprint density at radius 1 is 1.16 bits per heavy atom. The summed E-state index contributed by atoms with van der Waals surface area (Å²) in [5.74, 6) is 0.477. The zero-order valence-corrected chi connectivity index (χ0v) is 18.8. The van der Waals surface area contributed by atoms with Crippen LogP contribution in [0, 0.1) is 6.92 Å². The van der Waals surface area contributed by atoms with Crippen molar-refractivity contribution in [3.63, 3.8) is 0 Å². The van der Waals surface area contributed by atoms with Gasteiger partial charge in [0.05, 0.1) is 10.9 Å². The van der Waals surface area contributed by atoms with Gasteiger partial charge < -0.3 is 5.32 Å². The number of amides is 2. The highest BCUT2D eigenvalue weighted by Gasteiger charge is 2.41. The minimum atomic E-state index is -0.390. The van der Waals surface area contributed by atoms with E-state index < -0.39 is 6.04 Å². The van der Waals surface area contributed by atoms with E-state index >= 15 is 0 Å². The summed E-state index contributed by atoms with van der Waals surface area (Å²) in [5, 5.41) is 3.12. The average molecular weight is 435 g/mol. The van der Waals surface area contributed by atoms with Crippen LogP contribution in [0.25, 0.3) is 0 Å². The summed E-state index contributed by atoms with van der Waals surface area (Å²) >= 11 is 1.32. The predicted molar refractivity (Wildman–Crippen MR) is 127 cm³/mol. The first-order valence-corrected chi connectivity index (χ1v) is 11.5. The Labute approximate surface area is 186 Å². The molecule has 2 aliphatic rings. The molecule has 0 radical (unpaired) electrons. The molecule has 2 heterocycles. The highest BCUT2D eigenvalue weighted by Crippen LogP contribution is 2.36. The van der Waals surface area contributed by atoms with Crippen LogP contribution in [0.4, 0.5) is 11.4 Å². The lowest BCUT2D eigenvalue weighted by atomic mass is 10.1. The van der Waals surface area contributed by atoms with E-state index in [1.165, 1.54) is 11.8 Å². The van der Waals surface area contributed by atoms with Crippen molar-refractivity contribution in [3.05, 3.63) is 59.7 Å². The maximum Gasteiger partial charge on any atom is 0.259 e. The number of hydrogen-bond donors (Lipinski definition) is 1. The van der Waals surface area contributed by atoms with Gasteiger partial charge >= 0.3 is 0 Å². The van der Waals surface area contributed by atoms with Crippen molar-refractivity contribution in [1.29, 1.82) is 0 Å². The zero-order valence-electron chi connectivity index (χ0n) is 18.0. The van der Waals surface area contributed by atoms with Crippen molar-refractivity contribution < 1.29 is 9.59 Å². The van der Waals surface area contributed by atoms with E-state index in [9.17, 15) is 9.59 Å². The van der Waals surface area contributed by atoms with Crippen LogP contribution in [0.1, 0.15) is 44.2 Å². The molecule has 1 N–H and O–H groups in total. The molecule has 2 aliphatic heterocycles. The second kappa shape index (κ2) is 9.06. The molecule has 2 amide bonds. The molecule has 4 rings (SSSR count). The van der Waals surface area contributed by atoms with E-state index in [2.05, 4.69) is 5.32 Å². The van der Waals surface area contributed by atoms with E-state index in [-0.39, 0.29) is 17.1 Å². The van der Waals surface area contributed by atoms with Gasteiger partial charge in [0.25, 0.3) is 5.91 Å². The Kier molecular flexibility index (Phi) is 6.23. The molecule has 7 heteroatoms. The van der Waals surface area contributed by atoms with Crippen LogP contribution in [-0.4, -0.2) is 39.0 Å². The molecule has 2 atom stereocenters. The summed E-state index contributed by atoms with van der Waals surface area (Å²) in [5.41, 5.74) is 3.53. The third kappa shape index (κ3) is 4.28. The quantitative estimate of drug-likeness (QED) is 0.702. The monoisotopic (exact) mass is 434 g/mol. The van der Waals surface area contributed by atoms with Gasteiger partial charge in [0, 0.05) is 11.3 Å². The second-order valence-electron chi connectivity index (χ2n) is 7.71. The van der Waals surface area contributed by atoms with Crippen LogP contribution in [-0.2, 0) is 9.59 Å². The molecule has 2 aromatic rings. The van der Waals surface area contributed by atoms with Crippen molar-refractivity contribution in [2.75, 3.05) is 5.32 Å². The molecule has 0 saturated carbocycles. The second-order valence-corrected chi connectivity index (χ2v) is 8.88. The number of carbonyl (C=O) groups is 2. The lowest BCUT2D eigenvalue weighted by Gasteiger charge is -2.27. The number of nitrogens with one attached hydrogen (secondary N) is 1. The standard InChI is InChI=1S/C24H26N4O2S/c1-4-8-19-23(30)28-21(26-19)17-9-6-7-10-18(17)27-24(28)31-20(5-2)22(29)25-16-13-11-15(3)12-14-16/h6-7,9-14,19-20H,4-5,8H2,1-3H3,(H,25,29). The van der Waals surface area contributed by atoms with Crippen molar-refractivity contribution >= 4 is 46.0 Å². The number of para-hydroxylation sites is 1. The number of rotatable bonds is 6. The molecule has 0 aromatic heterocycles. The molecular formula is C24H26N4O2S. The fourth-order valence-electron chi connectivity index (χ4n) is 3.65. The molecule has 0 saturated heterocycles. The number of fused-ring (bicyclic) bond motifs is 3. The summed E-state index contributed by atoms with van der Waals surface area (Å²) in [6.07, 6.45) is 2.18. The van der Waals surface area contributed by atoms with Crippen molar-refractivity contribution in [2.24, 2.45) is 9.98 Å². The summed E-state index contributed by atoms with van der Waals surface area (Å²) in [6, 6.07) is 15.0. The van der Waals surface area contributed by atoms with Crippen LogP contribution in [0.3, 0.4) is 0 Å². The maximum absolute atomic E-state index is 13.1. The Morgan fingerprint density at radius 3 is 2.61 bits per heavy atom. The van der Waals surface area contributed by atoms with Gasteiger partial charge in [0.1, 0.15) is 11.9 Å². The number of nitrogens with zero attached hydrogens (tertiary/aromatic N) is 3. The SMILES string of the molecule is CCCC1N=C2c3ccccc3N=C(SC(CC)C(=O)Nc3ccc(C)cc3)N2C1=O. The number of thioether (sulfide) groups is 1. The lowest BCUT2D eigenvalue weighted by molar-refractivity contribution is -0.124. The van der Waals surface area contributed by atoms with Crippen LogP contribution in [0.5, 0.6) is 0 Å². The molecule has 0 spiro atoms. The minimum absolute atomic E-state index is 0.0635. The van der Waals surface area contributed by atoms with Gasteiger partial charge in [-0.15, -0.1) is 0 Å². The minimum Gasteiger partial charge on any atom is -0.325 e. The van der Waals surface area contributed by atoms with Gasteiger partial charge in [-0.2, -0.15) is 0 Å². The third-order valence-electron chi connectivity index (χ3n) is 5.34. The number of aryl methyl sites for hydroxylation is 1. The molecule has 31 heavy (non-hydrogen) atoms. The molecule has 160 valence electrons. The number of carbonyl (C=O) groups excluding carboxylic acids is 2. The van der Waals surface area contributed by atoms with Gasteiger partial charge in [-0.05, 0) is 44.0 Å². The normalized spacial score (nSPS) is 18.1. The summed E-state index contributed by atoms with van der Waals surface area (Å²) in [4.78, 5) is 37.2. The zero-order chi connectivity index (χ0) is 22.0. The van der Waals surface area contributed by atoms with Gasteiger partial charge in [-0.25, -0.2) is 9.89 Å². The molecule has 0 fully saturated rings. The number of benzene rings is 2. The third-order valence-corrected chi connectivity index (χ3v) is 6.66. The van der Waals surface area contributed by atoms with E-state index in [1.54, 1.807) is 4.90 Å². The lowest BCUT2D eigenvalue weighted by Crippen LogP contribution is -2.42. The van der Waals surface area contributed by atoms with Gasteiger partial charge in [-0.3, -0.25) is 14.6 Å². The first kappa shape index (κ1) is 21.3. The van der Waals surface area contributed by atoms with E-state index in [0.29, 0.717) is 23.8 Å². The van der Waals surface area contributed by atoms with Crippen molar-refractivity contribution in [1.82, 2.24) is 4.90 Å². The summed E-state index contributed by atoms with van der Waals surface area (Å²) in [6.45, 7) is 6.02.